The second kappa shape index (κ2) is 9.93. The summed E-state index contributed by atoms with van der Waals surface area (Å²) in [4.78, 5) is 37.7. The van der Waals surface area contributed by atoms with Crippen LogP contribution in [0.4, 0.5) is 11.6 Å². The molecule has 1 unspecified atom stereocenters. The van der Waals surface area contributed by atoms with Gasteiger partial charge >= 0.3 is 0 Å². The summed E-state index contributed by atoms with van der Waals surface area (Å²) >= 11 is 6.34. The van der Waals surface area contributed by atoms with Gasteiger partial charge in [-0.2, -0.15) is 10.2 Å². The number of ether oxygens (including phenoxy) is 1. The van der Waals surface area contributed by atoms with Crippen molar-refractivity contribution in [1.29, 1.82) is 5.26 Å². The van der Waals surface area contributed by atoms with Gasteiger partial charge in [-0.25, -0.2) is 4.98 Å². The zero-order valence-electron chi connectivity index (χ0n) is 22.1. The maximum atomic E-state index is 14.1. The molecule has 0 saturated heterocycles. The number of benzene rings is 1. The lowest BCUT2D eigenvalue weighted by Gasteiger charge is -2.29. The van der Waals surface area contributed by atoms with Gasteiger partial charge in [-0.15, -0.1) is 0 Å². The van der Waals surface area contributed by atoms with Crippen molar-refractivity contribution >= 4 is 29.1 Å². The second-order valence-corrected chi connectivity index (χ2v) is 9.87. The fourth-order valence-corrected chi connectivity index (χ4v) is 5.31. The van der Waals surface area contributed by atoms with E-state index in [2.05, 4.69) is 21.4 Å². The van der Waals surface area contributed by atoms with Crippen LogP contribution in [0.25, 0.3) is 11.3 Å². The summed E-state index contributed by atoms with van der Waals surface area (Å²) < 4.78 is 8.99. The van der Waals surface area contributed by atoms with Gasteiger partial charge in [-0.3, -0.25) is 14.5 Å². The molecule has 1 N–H and O–H groups in total. The third kappa shape index (κ3) is 4.21. The molecular formula is C28H26ClN7O3. The Labute approximate surface area is 230 Å². The number of hydrogen-bond donors (Lipinski definition) is 1. The lowest BCUT2D eigenvalue weighted by Crippen LogP contribution is -2.35. The minimum atomic E-state index is -0.661. The van der Waals surface area contributed by atoms with Gasteiger partial charge < -0.3 is 19.2 Å². The summed E-state index contributed by atoms with van der Waals surface area (Å²) in [6, 6.07) is 11.7. The average molecular weight is 544 g/mol. The highest BCUT2D eigenvalue weighted by molar-refractivity contribution is 6.30. The summed E-state index contributed by atoms with van der Waals surface area (Å²) in [5, 5.41) is 12.6. The number of halogens is 1. The van der Waals surface area contributed by atoms with Crippen molar-refractivity contribution in [3.8, 4) is 23.2 Å². The SMILES string of the molecule is CNc1ncc(-c2cc3c(n2C(C)C)C(c2ccc(C#N)cc2)N(c2cc(Cl)cn(C)c2=O)C3=O)c(OC)n1. The van der Waals surface area contributed by atoms with Crippen LogP contribution in [-0.2, 0) is 7.05 Å². The van der Waals surface area contributed by atoms with E-state index in [9.17, 15) is 14.9 Å². The maximum absolute atomic E-state index is 14.1. The van der Waals surface area contributed by atoms with E-state index >= 15 is 0 Å². The van der Waals surface area contributed by atoms with E-state index in [4.69, 9.17) is 16.3 Å². The number of rotatable bonds is 6. The Balaban J connectivity index is 1.81. The molecule has 0 radical (unpaired) electrons. The van der Waals surface area contributed by atoms with Crippen LogP contribution in [0.2, 0.25) is 5.02 Å². The topological polar surface area (TPSA) is 118 Å². The minimum Gasteiger partial charge on any atom is -0.480 e. The van der Waals surface area contributed by atoms with Crippen LogP contribution < -0.4 is 20.5 Å². The summed E-state index contributed by atoms with van der Waals surface area (Å²) in [6.45, 7) is 4.03. The first kappa shape index (κ1) is 26.0. The number of nitriles is 1. The summed E-state index contributed by atoms with van der Waals surface area (Å²) in [5.41, 5.74) is 3.51. The number of anilines is 2. The van der Waals surface area contributed by atoms with Crippen LogP contribution in [0, 0.1) is 11.3 Å². The number of aryl methyl sites for hydroxylation is 1. The van der Waals surface area contributed by atoms with Crippen molar-refractivity contribution in [2.24, 2.45) is 7.05 Å². The molecule has 0 fully saturated rings. The van der Waals surface area contributed by atoms with Crippen LogP contribution in [0.15, 0.2) is 53.6 Å². The molecule has 198 valence electrons. The van der Waals surface area contributed by atoms with Crippen LogP contribution in [0.1, 0.15) is 53.1 Å². The lowest BCUT2D eigenvalue weighted by atomic mass is 10.0. The van der Waals surface area contributed by atoms with E-state index in [0.29, 0.717) is 44.9 Å². The van der Waals surface area contributed by atoms with E-state index < -0.39 is 6.04 Å². The van der Waals surface area contributed by atoms with Gasteiger partial charge in [-0.05, 0) is 43.7 Å². The molecule has 0 saturated carbocycles. The number of fused-ring (bicyclic) bond motifs is 1. The van der Waals surface area contributed by atoms with Gasteiger partial charge in [0.15, 0.2) is 0 Å². The molecular weight excluding hydrogens is 518 g/mol. The van der Waals surface area contributed by atoms with Gasteiger partial charge in [0.1, 0.15) is 11.7 Å². The maximum Gasteiger partial charge on any atom is 0.274 e. The molecule has 4 aromatic rings. The molecule has 1 aliphatic heterocycles. The van der Waals surface area contributed by atoms with Crippen molar-refractivity contribution in [1.82, 2.24) is 19.1 Å². The molecule has 11 heteroatoms. The molecule has 0 aliphatic carbocycles. The van der Waals surface area contributed by atoms with Gasteiger partial charge in [0.2, 0.25) is 11.8 Å². The number of amides is 1. The Morgan fingerprint density at radius 3 is 2.49 bits per heavy atom. The Kier molecular flexibility index (Phi) is 6.62. The van der Waals surface area contributed by atoms with Gasteiger partial charge in [0, 0.05) is 32.5 Å². The molecule has 0 spiro atoms. The molecule has 1 atom stereocenters. The normalized spacial score (nSPS) is 14.5. The second-order valence-electron chi connectivity index (χ2n) is 9.43. The number of pyridine rings is 1. The highest BCUT2D eigenvalue weighted by atomic mass is 35.5. The standard InChI is InChI=1S/C28H26ClN7O3/c1-15(2)35-21(20-13-32-28(31-3)33-25(20)39-5)11-19-24(35)23(17-8-6-16(12-30)7-9-17)36(26(19)37)22-10-18(29)14-34(4)27(22)38/h6-11,13-15,23H,1-5H3,(H,31,32,33). The van der Waals surface area contributed by atoms with Gasteiger partial charge in [0.05, 0.1) is 46.3 Å². The minimum absolute atomic E-state index is 0.0896. The lowest BCUT2D eigenvalue weighted by molar-refractivity contribution is 0.0993. The number of aromatic nitrogens is 4. The highest BCUT2D eigenvalue weighted by Crippen LogP contribution is 2.46. The van der Waals surface area contributed by atoms with E-state index in [-0.39, 0.29) is 23.2 Å². The van der Waals surface area contributed by atoms with Crippen LogP contribution in [0.5, 0.6) is 5.88 Å². The zero-order chi connectivity index (χ0) is 28.0. The van der Waals surface area contributed by atoms with Gasteiger partial charge in [-0.1, -0.05) is 23.7 Å². The third-order valence-electron chi connectivity index (χ3n) is 6.75. The zero-order valence-corrected chi connectivity index (χ0v) is 22.8. The molecule has 1 amide bonds. The molecule has 1 aromatic carbocycles. The highest BCUT2D eigenvalue weighted by Gasteiger charge is 2.44. The first-order valence-electron chi connectivity index (χ1n) is 12.2. The average Bonchev–Trinajstić information content (AvgIpc) is 3.45. The fraction of sp³-hybridized carbons (Fsp3) is 0.250. The predicted octanol–water partition coefficient (Wildman–Crippen LogP) is 4.55. The van der Waals surface area contributed by atoms with Crippen molar-refractivity contribution in [2.45, 2.75) is 25.9 Å². The van der Waals surface area contributed by atoms with E-state index in [1.807, 2.05) is 18.4 Å². The van der Waals surface area contributed by atoms with Crippen molar-refractivity contribution < 1.29 is 9.53 Å². The Hall–Kier alpha value is -4.62. The Morgan fingerprint density at radius 1 is 1.15 bits per heavy atom. The molecule has 0 bridgehead atoms. The Morgan fingerprint density at radius 2 is 1.87 bits per heavy atom. The molecule has 4 heterocycles. The van der Waals surface area contributed by atoms with E-state index in [0.717, 1.165) is 5.56 Å². The number of hydrogen-bond acceptors (Lipinski definition) is 7. The fourth-order valence-electron chi connectivity index (χ4n) is 5.06. The summed E-state index contributed by atoms with van der Waals surface area (Å²) in [5.74, 6) is 0.418. The van der Waals surface area contributed by atoms with E-state index in [1.54, 1.807) is 50.6 Å². The number of carbonyl (C=O) groups excluding carboxylic acids is 1. The van der Waals surface area contributed by atoms with Crippen LogP contribution in [0.3, 0.4) is 0 Å². The van der Waals surface area contributed by atoms with Crippen molar-refractivity contribution in [3.63, 3.8) is 0 Å². The van der Waals surface area contributed by atoms with Crippen LogP contribution in [-0.4, -0.2) is 39.2 Å². The molecule has 39 heavy (non-hydrogen) atoms. The summed E-state index contributed by atoms with van der Waals surface area (Å²) in [6.07, 6.45) is 3.16. The van der Waals surface area contributed by atoms with E-state index in [1.165, 1.54) is 28.8 Å². The van der Waals surface area contributed by atoms with Crippen LogP contribution >= 0.6 is 11.6 Å². The molecule has 3 aromatic heterocycles. The number of methoxy groups -OCH3 is 1. The predicted molar refractivity (Wildman–Crippen MR) is 148 cm³/mol. The third-order valence-corrected chi connectivity index (χ3v) is 6.96. The molecule has 5 rings (SSSR count). The summed E-state index contributed by atoms with van der Waals surface area (Å²) in [7, 11) is 4.84. The first-order chi connectivity index (χ1) is 18.7. The first-order valence-corrected chi connectivity index (χ1v) is 12.6. The molecule has 10 nitrogen and oxygen atoms in total. The van der Waals surface area contributed by atoms with Crippen molar-refractivity contribution in [3.05, 3.63) is 86.6 Å². The number of nitrogens with zero attached hydrogens (tertiary/aromatic N) is 6. The number of carbonyl (C=O) groups is 1. The Bertz CT molecular complexity index is 1700. The number of nitrogens with one attached hydrogen (secondary N) is 1. The van der Waals surface area contributed by atoms with Gasteiger partial charge in [0.25, 0.3) is 11.5 Å². The van der Waals surface area contributed by atoms with Crippen molar-refractivity contribution in [2.75, 3.05) is 24.4 Å². The molecule has 1 aliphatic rings. The smallest absolute Gasteiger partial charge is 0.274 e. The quantitative estimate of drug-likeness (QED) is 0.379. The monoisotopic (exact) mass is 543 g/mol. The largest absolute Gasteiger partial charge is 0.480 e.